The fourth-order valence-electron chi connectivity index (χ4n) is 1.47. The van der Waals surface area contributed by atoms with Crippen molar-refractivity contribution in [2.75, 3.05) is 0 Å². The zero-order valence-corrected chi connectivity index (χ0v) is 9.21. The van der Waals surface area contributed by atoms with E-state index in [1.807, 2.05) is 6.20 Å². The van der Waals surface area contributed by atoms with Crippen molar-refractivity contribution >= 4 is 0 Å². The molecule has 3 heteroatoms. The number of hydrogen-bond acceptors (Lipinski definition) is 2. The van der Waals surface area contributed by atoms with Crippen LogP contribution in [0, 0.1) is 0 Å². The highest BCUT2D eigenvalue weighted by Gasteiger charge is 2.01. The minimum atomic E-state index is 0.602. The molecule has 1 unspecified atom stereocenters. The largest absolute Gasteiger partial charge is 0.347 e. The van der Waals surface area contributed by atoms with Crippen molar-refractivity contribution in [1.82, 2.24) is 15.3 Å². The van der Waals surface area contributed by atoms with Crippen LogP contribution in [0.3, 0.4) is 0 Å². The van der Waals surface area contributed by atoms with Crippen LogP contribution in [0.1, 0.15) is 45.2 Å². The van der Waals surface area contributed by atoms with E-state index >= 15 is 0 Å². The number of H-pyrrole nitrogens is 1. The second kappa shape index (κ2) is 6.60. The SMILES string of the molecule is CCCCCC(C)NCc1cnc[nH]1. The third-order valence-electron chi connectivity index (χ3n) is 2.44. The molecule has 0 fully saturated rings. The lowest BCUT2D eigenvalue weighted by Gasteiger charge is -2.12. The summed E-state index contributed by atoms with van der Waals surface area (Å²) in [6.45, 7) is 5.38. The van der Waals surface area contributed by atoms with E-state index in [2.05, 4.69) is 29.1 Å². The molecular weight excluding hydrogens is 174 g/mol. The number of aromatic amines is 1. The van der Waals surface area contributed by atoms with Crippen molar-refractivity contribution in [3.63, 3.8) is 0 Å². The highest BCUT2D eigenvalue weighted by molar-refractivity contribution is 4.93. The highest BCUT2D eigenvalue weighted by atomic mass is 14.9. The first-order valence-corrected chi connectivity index (χ1v) is 5.53. The standard InChI is InChI=1S/C11H21N3/c1-3-4-5-6-10(2)13-8-11-7-12-9-14-11/h7,9-10,13H,3-6,8H2,1-2H3,(H,12,14). The predicted molar refractivity (Wildman–Crippen MR) is 59.0 cm³/mol. The molecular formula is C11H21N3. The Labute approximate surface area is 86.3 Å². The van der Waals surface area contributed by atoms with Gasteiger partial charge < -0.3 is 10.3 Å². The van der Waals surface area contributed by atoms with Crippen LogP contribution in [0.2, 0.25) is 0 Å². The Bertz CT molecular complexity index is 218. The summed E-state index contributed by atoms with van der Waals surface area (Å²) in [4.78, 5) is 7.07. The van der Waals surface area contributed by atoms with Gasteiger partial charge >= 0.3 is 0 Å². The Morgan fingerprint density at radius 3 is 3.00 bits per heavy atom. The van der Waals surface area contributed by atoms with Gasteiger partial charge in [-0.25, -0.2) is 4.98 Å². The molecule has 2 N–H and O–H groups in total. The smallest absolute Gasteiger partial charge is 0.0922 e. The van der Waals surface area contributed by atoms with Crippen molar-refractivity contribution < 1.29 is 0 Å². The third kappa shape index (κ3) is 4.42. The summed E-state index contributed by atoms with van der Waals surface area (Å²) in [6, 6.07) is 0.602. The van der Waals surface area contributed by atoms with Gasteiger partial charge in [-0.15, -0.1) is 0 Å². The molecule has 80 valence electrons. The molecule has 3 nitrogen and oxygen atoms in total. The van der Waals surface area contributed by atoms with Crippen LogP contribution in [0.5, 0.6) is 0 Å². The molecule has 0 amide bonds. The lowest BCUT2D eigenvalue weighted by atomic mass is 10.1. The fourth-order valence-corrected chi connectivity index (χ4v) is 1.47. The summed E-state index contributed by atoms with van der Waals surface area (Å²) in [5.74, 6) is 0. The molecule has 14 heavy (non-hydrogen) atoms. The molecule has 0 aliphatic rings. The second-order valence-corrected chi connectivity index (χ2v) is 3.85. The summed E-state index contributed by atoms with van der Waals surface area (Å²) in [6.07, 6.45) is 8.82. The number of rotatable bonds is 7. The molecule has 1 heterocycles. The van der Waals surface area contributed by atoms with Gasteiger partial charge in [0.15, 0.2) is 0 Å². The van der Waals surface area contributed by atoms with Crippen LogP contribution >= 0.6 is 0 Å². The summed E-state index contributed by atoms with van der Waals surface area (Å²) < 4.78 is 0. The van der Waals surface area contributed by atoms with E-state index in [1.54, 1.807) is 6.33 Å². The van der Waals surface area contributed by atoms with E-state index in [0.717, 1.165) is 12.2 Å². The topological polar surface area (TPSA) is 40.7 Å². The Morgan fingerprint density at radius 1 is 1.50 bits per heavy atom. The Balaban J connectivity index is 2.06. The zero-order chi connectivity index (χ0) is 10.2. The van der Waals surface area contributed by atoms with Crippen LogP contribution < -0.4 is 5.32 Å². The summed E-state index contributed by atoms with van der Waals surface area (Å²) in [7, 11) is 0. The van der Waals surface area contributed by atoms with Gasteiger partial charge in [-0.05, 0) is 13.3 Å². The van der Waals surface area contributed by atoms with Gasteiger partial charge in [0.05, 0.1) is 6.33 Å². The summed E-state index contributed by atoms with van der Waals surface area (Å²) >= 11 is 0. The molecule has 0 spiro atoms. The summed E-state index contributed by atoms with van der Waals surface area (Å²) in [5, 5.41) is 3.47. The number of imidazole rings is 1. The van der Waals surface area contributed by atoms with E-state index in [1.165, 1.54) is 25.7 Å². The first-order valence-electron chi connectivity index (χ1n) is 5.53. The molecule has 0 aliphatic carbocycles. The average Bonchev–Trinajstić information content (AvgIpc) is 2.68. The van der Waals surface area contributed by atoms with Gasteiger partial charge in [0.2, 0.25) is 0 Å². The van der Waals surface area contributed by atoms with Gasteiger partial charge in [-0.1, -0.05) is 26.2 Å². The Hall–Kier alpha value is -0.830. The molecule has 1 aromatic rings. The Morgan fingerprint density at radius 2 is 2.36 bits per heavy atom. The maximum Gasteiger partial charge on any atom is 0.0922 e. The van der Waals surface area contributed by atoms with Gasteiger partial charge in [0.25, 0.3) is 0 Å². The first kappa shape index (κ1) is 11.2. The zero-order valence-electron chi connectivity index (χ0n) is 9.21. The molecule has 0 saturated carbocycles. The number of nitrogens with one attached hydrogen (secondary N) is 2. The third-order valence-corrected chi connectivity index (χ3v) is 2.44. The van der Waals surface area contributed by atoms with Crippen molar-refractivity contribution in [2.24, 2.45) is 0 Å². The van der Waals surface area contributed by atoms with Gasteiger partial charge in [-0.3, -0.25) is 0 Å². The Kier molecular flexibility index (Phi) is 5.30. The van der Waals surface area contributed by atoms with E-state index in [4.69, 9.17) is 0 Å². The van der Waals surface area contributed by atoms with Crippen molar-refractivity contribution in [2.45, 2.75) is 52.1 Å². The molecule has 1 rings (SSSR count). The van der Waals surface area contributed by atoms with Crippen molar-refractivity contribution in [3.8, 4) is 0 Å². The lowest BCUT2D eigenvalue weighted by molar-refractivity contribution is 0.484. The maximum atomic E-state index is 3.98. The lowest BCUT2D eigenvalue weighted by Crippen LogP contribution is -2.25. The monoisotopic (exact) mass is 195 g/mol. The first-order chi connectivity index (χ1) is 6.83. The van der Waals surface area contributed by atoms with Gasteiger partial charge in [0.1, 0.15) is 0 Å². The fraction of sp³-hybridized carbons (Fsp3) is 0.727. The molecule has 0 aromatic carbocycles. The highest BCUT2D eigenvalue weighted by Crippen LogP contribution is 2.03. The quantitative estimate of drug-likeness (QED) is 0.656. The second-order valence-electron chi connectivity index (χ2n) is 3.85. The van der Waals surface area contributed by atoms with Gasteiger partial charge in [0, 0.05) is 24.5 Å². The van der Waals surface area contributed by atoms with Crippen molar-refractivity contribution in [3.05, 3.63) is 18.2 Å². The maximum absolute atomic E-state index is 3.98. The van der Waals surface area contributed by atoms with Gasteiger partial charge in [-0.2, -0.15) is 0 Å². The minimum Gasteiger partial charge on any atom is -0.347 e. The van der Waals surface area contributed by atoms with Crippen molar-refractivity contribution in [1.29, 1.82) is 0 Å². The number of hydrogen-bond donors (Lipinski definition) is 2. The van der Waals surface area contributed by atoms with E-state index in [-0.39, 0.29) is 0 Å². The number of unbranched alkanes of at least 4 members (excludes halogenated alkanes) is 2. The summed E-state index contributed by atoms with van der Waals surface area (Å²) in [5.41, 5.74) is 1.16. The molecule has 0 saturated heterocycles. The normalized spacial score (nSPS) is 13.0. The van der Waals surface area contributed by atoms with Crippen LogP contribution in [-0.2, 0) is 6.54 Å². The van der Waals surface area contributed by atoms with E-state index in [9.17, 15) is 0 Å². The molecule has 1 atom stereocenters. The molecule has 0 radical (unpaired) electrons. The number of nitrogens with zero attached hydrogens (tertiary/aromatic N) is 1. The van der Waals surface area contributed by atoms with E-state index < -0.39 is 0 Å². The average molecular weight is 195 g/mol. The predicted octanol–water partition coefficient (Wildman–Crippen LogP) is 2.47. The molecule has 0 aliphatic heterocycles. The molecule has 1 aromatic heterocycles. The molecule has 0 bridgehead atoms. The number of aromatic nitrogens is 2. The van der Waals surface area contributed by atoms with Crippen LogP contribution in [0.15, 0.2) is 12.5 Å². The van der Waals surface area contributed by atoms with Crippen LogP contribution in [0.4, 0.5) is 0 Å². The minimum absolute atomic E-state index is 0.602. The van der Waals surface area contributed by atoms with E-state index in [0.29, 0.717) is 6.04 Å². The van der Waals surface area contributed by atoms with Crippen LogP contribution in [-0.4, -0.2) is 16.0 Å². The van der Waals surface area contributed by atoms with Crippen LogP contribution in [0.25, 0.3) is 0 Å².